The molecule has 0 unspecified atom stereocenters. The molecule has 24 heavy (non-hydrogen) atoms. The average molecular weight is 341 g/mol. The van der Waals surface area contributed by atoms with E-state index in [9.17, 15) is 4.79 Å². The maximum atomic E-state index is 12.3. The number of thioether (sulfide) groups is 1. The lowest BCUT2D eigenvalue weighted by Gasteiger charge is -2.08. The molecular weight excluding hydrogens is 322 g/mol. The summed E-state index contributed by atoms with van der Waals surface area (Å²) in [6.45, 7) is 2.90. The first-order valence-corrected chi connectivity index (χ1v) is 9.24. The normalized spacial score (nSPS) is 14.5. The van der Waals surface area contributed by atoms with Gasteiger partial charge in [0.05, 0.1) is 5.69 Å². The summed E-state index contributed by atoms with van der Waals surface area (Å²) in [7, 11) is 0. The molecule has 3 aromatic rings. The molecule has 3 aromatic heterocycles. The Balaban J connectivity index is 1.60. The fourth-order valence-corrected chi connectivity index (χ4v) is 4.02. The lowest BCUT2D eigenvalue weighted by molar-refractivity contribution is 0.591. The molecule has 0 spiro atoms. The molecule has 124 valence electrons. The Bertz CT molecular complexity index is 946. The molecule has 0 saturated heterocycles. The maximum absolute atomic E-state index is 12.3. The quantitative estimate of drug-likeness (QED) is 0.685. The third-order valence-corrected chi connectivity index (χ3v) is 5.36. The Labute approximate surface area is 143 Å². The van der Waals surface area contributed by atoms with Crippen LogP contribution >= 0.6 is 11.8 Å². The van der Waals surface area contributed by atoms with E-state index in [0.717, 1.165) is 35.3 Å². The molecule has 6 nitrogen and oxygen atoms in total. The number of aryl methyl sites for hydroxylation is 2. The standard InChI is InChI=1S/C17H19N5OS/c1-12-6-5-8-14-18-13(10-16(23)22(12)14)11-24-17-20-19-15-7-3-2-4-9-21(15)17/h5-6,8,10H,2-4,7,9,11H2,1H3. The molecule has 0 N–H and O–H groups in total. The van der Waals surface area contributed by atoms with E-state index < -0.39 is 0 Å². The zero-order valence-electron chi connectivity index (χ0n) is 13.6. The number of hydrogen-bond donors (Lipinski definition) is 0. The number of nitrogens with zero attached hydrogens (tertiary/aromatic N) is 5. The van der Waals surface area contributed by atoms with Crippen molar-refractivity contribution in [2.24, 2.45) is 0 Å². The molecular formula is C17H19N5OS. The van der Waals surface area contributed by atoms with Gasteiger partial charge >= 0.3 is 0 Å². The molecule has 0 fully saturated rings. The van der Waals surface area contributed by atoms with Crippen molar-refractivity contribution in [1.82, 2.24) is 24.1 Å². The number of pyridine rings is 1. The number of aromatic nitrogens is 5. The highest BCUT2D eigenvalue weighted by atomic mass is 32.2. The molecule has 0 saturated carbocycles. The minimum atomic E-state index is -0.0335. The van der Waals surface area contributed by atoms with E-state index >= 15 is 0 Å². The van der Waals surface area contributed by atoms with Gasteiger partial charge in [-0.2, -0.15) is 0 Å². The maximum Gasteiger partial charge on any atom is 0.258 e. The Kier molecular flexibility index (Phi) is 4.10. The van der Waals surface area contributed by atoms with Crippen LogP contribution in [0.5, 0.6) is 0 Å². The zero-order chi connectivity index (χ0) is 16.5. The highest BCUT2D eigenvalue weighted by molar-refractivity contribution is 7.98. The second-order valence-electron chi connectivity index (χ2n) is 6.10. The molecule has 7 heteroatoms. The number of rotatable bonds is 3. The van der Waals surface area contributed by atoms with Crippen molar-refractivity contribution in [2.45, 2.75) is 50.1 Å². The molecule has 0 atom stereocenters. The van der Waals surface area contributed by atoms with Crippen molar-refractivity contribution in [2.75, 3.05) is 0 Å². The van der Waals surface area contributed by atoms with Crippen molar-refractivity contribution >= 4 is 17.4 Å². The van der Waals surface area contributed by atoms with Crippen molar-refractivity contribution < 1.29 is 0 Å². The summed E-state index contributed by atoms with van der Waals surface area (Å²) in [4.78, 5) is 17.0. The van der Waals surface area contributed by atoms with Crippen LogP contribution in [0.25, 0.3) is 5.65 Å². The van der Waals surface area contributed by atoms with Crippen molar-refractivity contribution in [1.29, 1.82) is 0 Å². The van der Waals surface area contributed by atoms with Crippen molar-refractivity contribution in [3.63, 3.8) is 0 Å². The summed E-state index contributed by atoms with van der Waals surface area (Å²) >= 11 is 1.60. The van der Waals surface area contributed by atoms with E-state index in [2.05, 4.69) is 19.7 Å². The van der Waals surface area contributed by atoms with Crippen LogP contribution in [0, 0.1) is 6.92 Å². The van der Waals surface area contributed by atoms with Crippen LogP contribution in [-0.4, -0.2) is 24.1 Å². The first-order chi connectivity index (χ1) is 11.7. The van der Waals surface area contributed by atoms with Gasteiger partial charge in [0.2, 0.25) is 0 Å². The smallest absolute Gasteiger partial charge is 0.258 e. The summed E-state index contributed by atoms with van der Waals surface area (Å²) in [6.07, 6.45) is 4.61. The second kappa shape index (κ2) is 6.39. The van der Waals surface area contributed by atoms with Crippen LogP contribution in [0.3, 0.4) is 0 Å². The lowest BCUT2D eigenvalue weighted by atomic mass is 10.2. The second-order valence-corrected chi connectivity index (χ2v) is 7.04. The van der Waals surface area contributed by atoms with Gasteiger partial charge in [-0.25, -0.2) is 4.98 Å². The van der Waals surface area contributed by atoms with Crippen molar-refractivity contribution in [3.05, 3.63) is 51.8 Å². The minimum absolute atomic E-state index is 0.0335. The Morgan fingerprint density at radius 2 is 2.12 bits per heavy atom. The Hall–Kier alpha value is -2.15. The van der Waals surface area contributed by atoms with E-state index in [1.54, 1.807) is 22.2 Å². The molecule has 1 aliphatic rings. The summed E-state index contributed by atoms with van der Waals surface area (Å²) in [5.74, 6) is 1.70. The largest absolute Gasteiger partial charge is 0.306 e. The predicted octanol–water partition coefficient (Wildman–Crippen LogP) is 2.61. The number of fused-ring (bicyclic) bond motifs is 2. The molecule has 0 aromatic carbocycles. The van der Waals surface area contributed by atoms with Gasteiger partial charge in [0.25, 0.3) is 5.56 Å². The minimum Gasteiger partial charge on any atom is -0.306 e. The van der Waals surface area contributed by atoms with E-state index in [0.29, 0.717) is 11.4 Å². The van der Waals surface area contributed by atoms with Gasteiger partial charge in [-0.05, 0) is 31.9 Å². The zero-order valence-corrected chi connectivity index (χ0v) is 14.4. The van der Waals surface area contributed by atoms with E-state index in [1.165, 1.54) is 19.3 Å². The topological polar surface area (TPSA) is 65.1 Å². The van der Waals surface area contributed by atoms with Gasteiger partial charge in [-0.15, -0.1) is 10.2 Å². The lowest BCUT2D eigenvalue weighted by Crippen LogP contribution is -2.17. The summed E-state index contributed by atoms with van der Waals surface area (Å²) in [6, 6.07) is 7.32. The highest BCUT2D eigenvalue weighted by Gasteiger charge is 2.15. The molecule has 1 aliphatic heterocycles. The Morgan fingerprint density at radius 1 is 1.21 bits per heavy atom. The molecule has 0 radical (unpaired) electrons. The molecule has 0 amide bonds. The molecule has 0 bridgehead atoms. The van der Waals surface area contributed by atoms with Crippen LogP contribution in [0.15, 0.2) is 34.2 Å². The summed E-state index contributed by atoms with van der Waals surface area (Å²) in [5, 5.41) is 9.56. The van der Waals surface area contributed by atoms with Crippen LogP contribution in [0.2, 0.25) is 0 Å². The summed E-state index contributed by atoms with van der Waals surface area (Å²) < 4.78 is 3.85. The summed E-state index contributed by atoms with van der Waals surface area (Å²) in [5.41, 5.74) is 2.33. The molecule has 4 heterocycles. The third kappa shape index (κ3) is 2.84. The van der Waals surface area contributed by atoms with Crippen LogP contribution in [0.4, 0.5) is 0 Å². The Morgan fingerprint density at radius 3 is 3.04 bits per heavy atom. The monoisotopic (exact) mass is 341 g/mol. The highest BCUT2D eigenvalue weighted by Crippen LogP contribution is 2.24. The first-order valence-electron chi connectivity index (χ1n) is 8.25. The van der Waals surface area contributed by atoms with Crippen LogP contribution in [0.1, 0.15) is 36.5 Å². The SMILES string of the molecule is Cc1cccc2nc(CSc3nnc4n3CCCCC4)cc(=O)n12. The van der Waals surface area contributed by atoms with Crippen LogP contribution in [-0.2, 0) is 18.7 Å². The van der Waals surface area contributed by atoms with Gasteiger partial charge in [0, 0.05) is 30.5 Å². The molecule has 0 aliphatic carbocycles. The van der Waals surface area contributed by atoms with Crippen LogP contribution < -0.4 is 5.56 Å². The third-order valence-electron chi connectivity index (χ3n) is 4.36. The number of hydrogen-bond acceptors (Lipinski definition) is 5. The first kappa shape index (κ1) is 15.4. The average Bonchev–Trinajstić information content (AvgIpc) is 2.79. The van der Waals surface area contributed by atoms with E-state index in [4.69, 9.17) is 0 Å². The fourth-order valence-electron chi connectivity index (χ4n) is 3.14. The van der Waals surface area contributed by atoms with Gasteiger partial charge in [0.1, 0.15) is 11.5 Å². The van der Waals surface area contributed by atoms with Crippen molar-refractivity contribution in [3.8, 4) is 0 Å². The van der Waals surface area contributed by atoms with E-state index in [1.807, 2.05) is 25.1 Å². The van der Waals surface area contributed by atoms with Gasteiger partial charge in [-0.1, -0.05) is 24.2 Å². The molecule has 4 rings (SSSR count). The van der Waals surface area contributed by atoms with Gasteiger partial charge in [0.15, 0.2) is 5.16 Å². The van der Waals surface area contributed by atoms with Gasteiger partial charge < -0.3 is 4.57 Å². The van der Waals surface area contributed by atoms with Gasteiger partial charge in [-0.3, -0.25) is 9.20 Å². The van der Waals surface area contributed by atoms with E-state index in [-0.39, 0.29) is 5.56 Å². The predicted molar refractivity (Wildman–Crippen MR) is 93.3 cm³/mol. The fraction of sp³-hybridized carbons (Fsp3) is 0.412.